The first-order valence-electron chi connectivity index (χ1n) is 7.00. The fourth-order valence-electron chi connectivity index (χ4n) is 2.02. The molecule has 0 fully saturated rings. The van der Waals surface area contributed by atoms with Crippen molar-refractivity contribution >= 4 is 11.9 Å². The average Bonchev–Trinajstić information content (AvgIpc) is 3.13. The molecule has 0 atom stereocenters. The first-order valence-corrected chi connectivity index (χ1v) is 7.00. The second kappa shape index (κ2) is 6.88. The van der Waals surface area contributed by atoms with Crippen molar-refractivity contribution in [3.05, 3.63) is 35.9 Å². The number of hydrogen-bond acceptors (Lipinski definition) is 4. The maximum atomic E-state index is 12.1. The zero-order valence-corrected chi connectivity index (χ0v) is 12.6. The number of hydrogen-bond donors (Lipinski definition) is 1. The first-order chi connectivity index (χ1) is 10.5. The Morgan fingerprint density at radius 2 is 1.95 bits per heavy atom. The van der Waals surface area contributed by atoms with Gasteiger partial charge in [0.15, 0.2) is 0 Å². The molecule has 0 saturated carbocycles. The molecule has 2 aromatic heterocycles. The van der Waals surface area contributed by atoms with E-state index in [9.17, 15) is 9.59 Å². The summed E-state index contributed by atoms with van der Waals surface area (Å²) < 4.78 is 3.27. The Balaban J connectivity index is 1.84. The van der Waals surface area contributed by atoms with Gasteiger partial charge in [0.25, 0.3) is 0 Å². The van der Waals surface area contributed by atoms with Crippen molar-refractivity contribution in [3.63, 3.8) is 0 Å². The Morgan fingerprint density at radius 1 is 1.23 bits per heavy atom. The molecule has 0 aliphatic heterocycles. The molecule has 118 valence electrons. The topological polar surface area (TPSA) is 93.2 Å². The number of aromatic carboxylic acids is 1. The highest BCUT2D eigenvalue weighted by Gasteiger charge is 2.12. The van der Waals surface area contributed by atoms with Crippen LogP contribution in [0.4, 0.5) is 0 Å². The lowest BCUT2D eigenvalue weighted by Crippen LogP contribution is -2.27. The molecule has 0 aromatic carbocycles. The van der Waals surface area contributed by atoms with Crippen molar-refractivity contribution in [1.29, 1.82) is 0 Å². The summed E-state index contributed by atoms with van der Waals surface area (Å²) in [5.74, 6) is -1.06. The minimum absolute atomic E-state index is 0.0309. The number of aromatic nitrogens is 4. The van der Waals surface area contributed by atoms with Gasteiger partial charge in [-0.25, -0.2) is 4.79 Å². The van der Waals surface area contributed by atoms with Crippen LogP contribution in [0.25, 0.3) is 0 Å². The molecule has 2 rings (SSSR count). The molecule has 8 nitrogen and oxygen atoms in total. The minimum Gasteiger partial charge on any atom is -0.478 e. The highest BCUT2D eigenvalue weighted by atomic mass is 16.4. The number of carbonyl (C=O) groups excluding carboxylic acids is 1. The quantitative estimate of drug-likeness (QED) is 0.818. The van der Waals surface area contributed by atoms with Crippen LogP contribution >= 0.6 is 0 Å². The molecular weight excluding hydrogens is 286 g/mol. The molecule has 22 heavy (non-hydrogen) atoms. The number of carboxylic acid groups (broad SMARTS) is 1. The lowest BCUT2D eigenvalue weighted by molar-refractivity contribution is -0.130. The fourth-order valence-corrected chi connectivity index (χ4v) is 2.02. The van der Waals surface area contributed by atoms with Crippen LogP contribution in [0.1, 0.15) is 29.3 Å². The van der Waals surface area contributed by atoms with Gasteiger partial charge in [-0.3, -0.25) is 14.2 Å². The van der Waals surface area contributed by atoms with Gasteiger partial charge < -0.3 is 10.0 Å². The van der Waals surface area contributed by atoms with Crippen molar-refractivity contribution in [2.45, 2.75) is 33.0 Å². The third kappa shape index (κ3) is 3.94. The normalized spacial score (nSPS) is 10.6. The van der Waals surface area contributed by atoms with E-state index >= 15 is 0 Å². The zero-order chi connectivity index (χ0) is 16.1. The van der Waals surface area contributed by atoms with Gasteiger partial charge in [0, 0.05) is 51.1 Å². The second-order valence-electron chi connectivity index (χ2n) is 5.00. The number of amides is 1. The third-order valence-electron chi connectivity index (χ3n) is 3.29. The molecule has 0 aliphatic rings. The van der Waals surface area contributed by atoms with E-state index in [1.807, 2.05) is 17.8 Å². The average molecular weight is 305 g/mol. The lowest BCUT2D eigenvalue weighted by atomic mass is 10.3. The predicted molar refractivity (Wildman–Crippen MR) is 78.2 cm³/mol. The van der Waals surface area contributed by atoms with E-state index in [2.05, 4.69) is 10.2 Å². The Labute approximate surface area is 127 Å². The number of rotatable bonds is 7. The third-order valence-corrected chi connectivity index (χ3v) is 3.29. The summed E-state index contributed by atoms with van der Waals surface area (Å²) in [5, 5.41) is 16.9. The molecule has 0 unspecified atom stereocenters. The van der Waals surface area contributed by atoms with Crippen LogP contribution in [-0.4, -0.2) is 48.5 Å². The van der Waals surface area contributed by atoms with Crippen LogP contribution in [0.5, 0.6) is 0 Å². The molecule has 0 aliphatic carbocycles. The molecule has 1 amide bonds. The Morgan fingerprint density at radius 3 is 2.55 bits per heavy atom. The summed E-state index contributed by atoms with van der Waals surface area (Å²) in [4.78, 5) is 24.5. The predicted octanol–water partition coefficient (Wildman–Crippen LogP) is 0.846. The molecule has 0 spiro atoms. The molecule has 0 saturated heterocycles. The Hall–Kier alpha value is -2.64. The molecule has 0 radical (unpaired) electrons. The summed E-state index contributed by atoms with van der Waals surface area (Å²) in [6.07, 6.45) is 6.62. The highest BCUT2D eigenvalue weighted by molar-refractivity contribution is 5.86. The van der Waals surface area contributed by atoms with E-state index in [-0.39, 0.29) is 17.9 Å². The van der Waals surface area contributed by atoms with Crippen LogP contribution in [0.15, 0.2) is 24.8 Å². The van der Waals surface area contributed by atoms with Gasteiger partial charge in [-0.05, 0) is 6.92 Å². The van der Waals surface area contributed by atoms with Crippen LogP contribution in [-0.2, 0) is 24.4 Å². The second-order valence-corrected chi connectivity index (χ2v) is 5.00. The summed E-state index contributed by atoms with van der Waals surface area (Å²) in [7, 11) is 1.73. The molecule has 0 bridgehead atoms. The SMILES string of the molecule is CCn1cc(CN(C)C(=O)CCn2cc(C(=O)O)cn2)cn1. The maximum Gasteiger partial charge on any atom is 0.338 e. The van der Waals surface area contributed by atoms with E-state index < -0.39 is 5.97 Å². The van der Waals surface area contributed by atoms with Crippen molar-refractivity contribution in [2.24, 2.45) is 0 Å². The highest BCUT2D eigenvalue weighted by Crippen LogP contribution is 2.05. The molecule has 1 N–H and O–H groups in total. The lowest BCUT2D eigenvalue weighted by Gasteiger charge is -2.16. The fraction of sp³-hybridized carbons (Fsp3) is 0.429. The van der Waals surface area contributed by atoms with E-state index in [4.69, 9.17) is 5.11 Å². The maximum absolute atomic E-state index is 12.1. The molecule has 2 aromatic rings. The monoisotopic (exact) mass is 305 g/mol. The largest absolute Gasteiger partial charge is 0.478 e. The number of carboxylic acids is 1. The van der Waals surface area contributed by atoms with Crippen LogP contribution in [0, 0.1) is 0 Å². The standard InChI is InChI=1S/C14H19N5O3/c1-3-18-9-11(6-15-18)8-17(2)13(20)4-5-19-10-12(7-16-19)14(21)22/h6-7,9-10H,3-5,8H2,1-2H3,(H,21,22). The summed E-state index contributed by atoms with van der Waals surface area (Å²) >= 11 is 0. The van der Waals surface area contributed by atoms with Gasteiger partial charge in [0.1, 0.15) is 0 Å². The van der Waals surface area contributed by atoms with E-state index in [0.717, 1.165) is 12.1 Å². The van der Waals surface area contributed by atoms with Crippen LogP contribution in [0.2, 0.25) is 0 Å². The van der Waals surface area contributed by atoms with Gasteiger partial charge >= 0.3 is 5.97 Å². The summed E-state index contributed by atoms with van der Waals surface area (Å²) in [6, 6.07) is 0. The van der Waals surface area contributed by atoms with Crippen molar-refractivity contribution < 1.29 is 14.7 Å². The minimum atomic E-state index is -1.03. The van der Waals surface area contributed by atoms with Gasteiger partial charge in [0.05, 0.1) is 18.0 Å². The van der Waals surface area contributed by atoms with Crippen LogP contribution < -0.4 is 0 Å². The Kier molecular flexibility index (Phi) is 4.92. The van der Waals surface area contributed by atoms with E-state index in [0.29, 0.717) is 13.1 Å². The van der Waals surface area contributed by atoms with Crippen molar-refractivity contribution in [2.75, 3.05) is 7.05 Å². The summed E-state index contributed by atoms with van der Waals surface area (Å²) in [5.41, 5.74) is 1.10. The summed E-state index contributed by atoms with van der Waals surface area (Å²) in [6.45, 7) is 3.65. The van der Waals surface area contributed by atoms with Crippen molar-refractivity contribution in [3.8, 4) is 0 Å². The Bertz CT molecular complexity index is 661. The number of carbonyl (C=O) groups is 2. The van der Waals surface area contributed by atoms with Gasteiger partial charge in [-0.15, -0.1) is 0 Å². The first kappa shape index (κ1) is 15.7. The molecule has 8 heteroatoms. The molecular formula is C14H19N5O3. The van der Waals surface area contributed by atoms with Crippen LogP contribution in [0.3, 0.4) is 0 Å². The smallest absolute Gasteiger partial charge is 0.338 e. The van der Waals surface area contributed by atoms with E-state index in [1.54, 1.807) is 18.1 Å². The molecule has 2 heterocycles. The zero-order valence-electron chi connectivity index (χ0n) is 12.6. The van der Waals surface area contributed by atoms with Gasteiger partial charge in [-0.1, -0.05) is 0 Å². The van der Waals surface area contributed by atoms with Gasteiger partial charge in [-0.2, -0.15) is 10.2 Å². The van der Waals surface area contributed by atoms with Crippen molar-refractivity contribution in [1.82, 2.24) is 24.5 Å². The number of aryl methyl sites for hydroxylation is 2. The van der Waals surface area contributed by atoms with Gasteiger partial charge in [0.2, 0.25) is 5.91 Å². The van der Waals surface area contributed by atoms with E-state index in [1.165, 1.54) is 17.1 Å². The number of nitrogens with zero attached hydrogens (tertiary/aromatic N) is 5.